The molecule has 4 heteroatoms. The largest absolute Gasteiger partial charge is 0.345 e. The number of hydrogen-bond acceptors (Lipinski definition) is 2. The van der Waals surface area contributed by atoms with Gasteiger partial charge in [-0.1, -0.05) is 23.7 Å². The van der Waals surface area contributed by atoms with Crippen LogP contribution in [0, 0.1) is 0 Å². The standard InChI is InChI=1S/C13H12ClNOS/c1-9(12-6-3-7-17-12)15-13(16)10-4-2-5-11(14)8-10/h2-9H,1H3,(H,15,16). The smallest absolute Gasteiger partial charge is 0.251 e. The summed E-state index contributed by atoms with van der Waals surface area (Å²) < 4.78 is 0. The van der Waals surface area contributed by atoms with E-state index in [1.54, 1.807) is 35.6 Å². The molecule has 17 heavy (non-hydrogen) atoms. The summed E-state index contributed by atoms with van der Waals surface area (Å²) in [5.41, 5.74) is 0.584. The molecule has 88 valence electrons. The summed E-state index contributed by atoms with van der Waals surface area (Å²) in [6.07, 6.45) is 0. The SMILES string of the molecule is CC(NC(=O)c1cccc(Cl)c1)c1cccs1. The van der Waals surface area contributed by atoms with Gasteiger partial charge < -0.3 is 5.32 Å². The summed E-state index contributed by atoms with van der Waals surface area (Å²) >= 11 is 7.48. The Morgan fingerprint density at radius 3 is 2.82 bits per heavy atom. The summed E-state index contributed by atoms with van der Waals surface area (Å²) in [5.74, 6) is -0.103. The molecule has 0 fully saturated rings. The van der Waals surface area contributed by atoms with E-state index in [1.807, 2.05) is 24.4 Å². The molecule has 1 unspecified atom stereocenters. The van der Waals surface area contributed by atoms with Crippen LogP contribution < -0.4 is 5.32 Å². The number of rotatable bonds is 3. The minimum atomic E-state index is -0.103. The minimum absolute atomic E-state index is 0.0153. The zero-order valence-electron chi connectivity index (χ0n) is 9.31. The van der Waals surface area contributed by atoms with E-state index in [4.69, 9.17) is 11.6 Å². The minimum Gasteiger partial charge on any atom is -0.345 e. The average molecular weight is 266 g/mol. The summed E-state index contributed by atoms with van der Waals surface area (Å²) in [5, 5.41) is 5.51. The van der Waals surface area contributed by atoms with Crippen LogP contribution in [0.5, 0.6) is 0 Å². The van der Waals surface area contributed by atoms with Crippen LogP contribution in [0.25, 0.3) is 0 Å². The zero-order valence-corrected chi connectivity index (χ0v) is 10.9. The van der Waals surface area contributed by atoms with Crippen LogP contribution in [0.4, 0.5) is 0 Å². The maximum absolute atomic E-state index is 11.9. The summed E-state index contributed by atoms with van der Waals surface area (Å²) in [7, 11) is 0. The Balaban J connectivity index is 2.07. The zero-order chi connectivity index (χ0) is 12.3. The predicted molar refractivity (Wildman–Crippen MR) is 71.7 cm³/mol. The van der Waals surface area contributed by atoms with Gasteiger partial charge in [0.25, 0.3) is 5.91 Å². The molecule has 0 bridgehead atoms. The number of halogens is 1. The maximum Gasteiger partial charge on any atom is 0.251 e. The van der Waals surface area contributed by atoms with Gasteiger partial charge in [0.2, 0.25) is 0 Å². The number of benzene rings is 1. The average Bonchev–Trinajstić information content (AvgIpc) is 2.82. The molecule has 0 saturated heterocycles. The molecule has 0 aliphatic carbocycles. The van der Waals surface area contributed by atoms with Crippen LogP contribution in [0.1, 0.15) is 28.2 Å². The van der Waals surface area contributed by atoms with E-state index in [0.717, 1.165) is 4.88 Å². The van der Waals surface area contributed by atoms with Crippen molar-refractivity contribution in [3.05, 3.63) is 57.2 Å². The van der Waals surface area contributed by atoms with E-state index in [9.17, 15) is 4.79 Å². The Bertz CT molecular complexity index is 510. The quantitative estimate of drug-likeness (QED) is 0.896. The molecule has 2 nitrogen and oxygen atoms in total. The second kappa shape index (κ2) is 5.34. The molecule has 0 aliphatic rings. The fraction of sp³-hybridized carbons (Fsp3) is 0.154. The Labute approximate surface area is 109 Å². The van der Waals surface area contributed by atoms with Gasteiger partial charge in [0.1, 0.15) is 0 Å². The molecule has 1 aromatic carbocycles. The van der Waals surface area contributed by atoms with Gasteiger partial charge in [0.15, 0.2) is 0 Å². The number of hydrogen-bond donors (Lipinski definition) is 1. The van der Waals surface area contributed by atoms with Crippen molar-refractivity contribution in [2.24, 2.45) is 0 Å². The Hall–Kier alpha value is -1.32. The number of thiophene rings is 1. The van der Waals surface area contributed by atoms with Gasteiger partial charge in [-0.3, -0.25) is 4.79 Å². The first-order chi connectivity index (χ1) is 8.16. The van der Waals surface area contributed by atoms with Crippen molar-refractivity contribution in [1.29, 1.82) is 0 Å². The van der Waals surface area contributed by atoms with Crippen LogP contribution in [0.15, 0.2) is 41.8 Å². The third kappa shape index (κ3) is 3.08. The number of amides is 1. The van der Waals surface area contributed by atoms with Crippen LogP contribution in [0.2, 0.25) is 5.02 Å². The normalized spacial score (nSPS) is 12.1. The summed E-state index contributed by atoms with van der Waals surface area (Å²) in [6, 6.07) is 10.9. The third-order valence-electron chi connectivity index (χ3n) is 2.40. The molecule has 1 amide bonds. The van der Waals surface area contributed by atoms with E-state index < -0.39 is 0 Å². The van der Waals surface area contributed by atoms with Crippen LogP contribution >= 0.6 is 22.9 Å². The fourth-order valence-corrected chi connectivity index (χ4v) is 2.44. The molecule has 1 N–H and O–H groups in total. The van der Waals surface area contributed by atoms with Gasteiger partial charge >= 0.3 is 0 Å². The van der Waals surface area contributed by atoms with Crippen molar-refractivity contribution in [3.63, 3.8) is 0 Å². The van der Waals surface area contributed by atoms with E-state index >= 15 is 0 Å². The highest BCUT2D eigenvalue weighted by Crippen LogP contribution is 2.19. The van der Waals surface area contributed by atoms with Gasteiger partial charge in [0.05, 0.1) is 6.04 Å². The molecule has 2 aromatic rings. The van der Waals surface area contributed by atoms with Crippen LogP contribution in [-0.4, -0.2) is 5.91 Å². The highest BCUT2D eigenvalue weighted by Gasteiger charge is 2.11. The Morgan fingerprint density at radius 1 is 1.35 bits per heavy atom. The van der Waals surface area contributed by atoms with Gasteiger partial charge in [-0.15, -0.1) is 11.3 Å². The summed E-state index contributed by atoms with van der Waals surface area (Å²) in [6.45, 7) is 1.97. The Kier molecular flexibility index (Phi) is 3.82. The van der Waals surface area contributed by atoms with Crippen molar-refractivity contribution in [2.45, 2.75) is 13.0 Å². The second-order valence-corrected chi connectivity index (χ2v) is 5.14. The van der Waals surface area contributed by atoms with Crippen molar-refractivity contribution in [1.82, 2.24) is 5.32 Å². The van der Waals surface area contributed by atoms with Crippen LogP contribution in [0.3, 0.4) is 0 Å². The number of carbonyl (C=O) groups excluding carboxylic acids is 1. The number of carbonyl (C=O) groups is 1. The molecule has 0 aliphatic heterocycles. The van der Waals surface area contributed by atoms with Crippen molar-refractivity contribution < 1.29 is 4.79 Å². The third-order valence-corrected chi connectivity index (χ3v) is 3.69. The highest BCUT2D eigenvalue weighted by atomic mass is 35.5. The van der Waals surface area contributed by atoms with E-state index in [0.29, 0.717) is 10.6 Å². The van der Waals surface area contributed by atoms with Crippen LogP contribution in [-0.2, 0) is 0 Å². The molecule has 1 atom stereocenters. The summed E-state index contributed by atoms with van der Waals surface area (Å²) in [4.78, 5) is 13.1. The molecule has 0 radical (unpaired) electrons. The van der Waals surface area contributed by atoms with Crippen molar-refractivity contribution in [3.8, 4) is 0 Å². The molecule has 1 heterocycles. The molecule has 0 spiro atoms. The van der Waals surface area contributed by atoms with Gasteiger partial charge in [-0.2, -0.15) is 0 Å². The van der Waals surface area contributed by atoms with Crippen molar-refractivity contribution >= 4 is 28.8 Å². The first-order valence-corrected chi connectivity index (χ1v) is 6.52. The van der Waals surface area contributed by atoms with E-state index in [1.165, 1.54) is 0 Å². The second-order valence-electron chi connectivity index (χ2n) is 3.72. The molecular weight excluding hydrogens is 254 g/mol. The Morgan fingerprint density at radius 2 is 2.18 bits per heavy atom. The molecule has 1 aromatic heterocycles. The van der Waals surface area contributed by atoms with Gasteiger partial charge in [0, 0.05) is 15.5 Å². The maximum atomic E-state index is 11.9. The topological polar surface area (TPSA) is 29.1 Å². The van der Waals surface area contributed by atoms with Gasteiger partial charge in [-0.25, -0.2) is 0 Å². The molecular formula is C13H12ClNOS. The molecule has 0 saturated carbocycles. The fourth-order valence-electron chi connectivity index (χ4n) is 1.52. The van der Waals surface area contributed by atoms with Crippen molar-refractivity contribution in [2.75, 3.05) is 0 Å². The lowest BCUT2D eigenvalue weighted by atomic mass is 10.2. The monoisotopic (exact) mass is 265 g/mol. The first-order valence-electron chi connectivity index (χ1n) is 5.26. The lowest BCUT2D eigenvalue weighted by Crippen LogP contribution is -2.26. The van der Waals surface area contributed by atoms with Gasteiger partial charge in [-0.05, 0) is 36.6 Å². The molecule has 2 rings (SSSR count). The van der Waals surface area contributed by atoms with E-state index in [2.05, 4.69) is 5.32 Å². The number of nitrogens with one attached hydrogen (secondary N) is 1. The lowest BCUT2D eigenvalue weighted by molar-refractivity contribution is 0.0940. The van der Waals surface area contributed by atoms with E-state index in [-0.39, 0.29) is 11.9 Å². The first kappa shape index (κ1) is 12.1. The lowest BCUT2D eigenvalue weighted by Gasteiger charge is -2.12. The predicted octanol–water partition coefficient (Wildman–Crippen LogP) is 3.89. The highest BCUT2D eigenvalue weighted by molar-refractivity contribution is 7.10.